The van der Waals surface area contributed by atoms with Gasteiger partial charge in [0, 0.05) is 6.20 Å². The molecule has 0 atom stereocenters. The molecule has 0 aliphatic heterocycles. The molecule has 1 heterocycles. The van der Waals surface area contributed by atoms with Gasteiger partial charge in [-0.3, -0.25) is 4.98 Å². The first-order valence-electron chi connectivity index (χ1n) is 8.17. The van der Waals surface area contributed by atoms with Gasteiger partial charge in [0.25, 0.3) is 0 Å². The number of aryl methyl sites for hydroxylation is 1. The molecule has 22 heavy (non-hydrogen) atoms. The number of aromatic nitrogens is 1. The second kappa shape index (κ2) is 9.04. The molecule has 2 heteroatoms. The predicted octanol–water partition coefficient (Wildman–Crippen LogP) is 5.38. The van der Waals surface area contributed by atoms with Crippen molar-refractivity contribution in [3.63, 3.8) is 0 Å². The summed E-state index contributed by atoms with van der Waals surface area (Å²) in [6.45, 7) is 5.14. The van der Waals surface area contributed by atoms with Gasteiger partial charge in [-0.2, -0.15) is 0 Å². The van der Waals surface area contributed by atoms with Crippen LogP contribution in [-0.2, 0) is 6.42 Å². The number of benzene rings is 1. The van der Waals surface area contributed by atoms with Gasteiger partial charge in [-0.1, -0.05) is 51.0 Å². The Labute approximate surface area is 133 Å². The highest BCUT2D eigenvalue weighted by molar-refractivity contribution is 5.68. The Morgan fingerprint density at radius 1 is 0.955 bits per heavy atom. The van der Waals surface area contributed by atoms with Crippen molar-refractivity contribution in [2.75, 3.05) is 6.61 Å². The van der Waals surface area contributed by atoms with Crippen LogP contribution in [0, 0.1) is 0 Å². The quantitative estimate of drug-likeness (QED) is 0.610. The predicted molar refractivity (Wildman–Crippen MR) is 94.0 cm³/mol. The maximum Gasteiger partial charge on any atom is 0.119 e. The molecule has 0 bridgehead atoms. The van der Waals surface area contributed by atoms with E-state index < -0.39 is 0 Å². The summed E-state index contributed by atoms with van der Waals surface area (Å²) in [5.41, 5.74) is 3.44. The Morgan fingerprint density at radius 2 is 1.77 bits per heavy atom. The molecule has 0 amide bonds. The SMILES string of the molecule is CCCCOc1ccc(C=Cc2ccc(CCC)cn2)cc1. The Hall–Kier alpha value is -2.09. The van der Waals surface area contributed by atoms with Crippen molar-refractivity contribution < 1.29 is 4.74 Å². The van der Waals surface area contributed by atoms with Gasteiger partial charge < -0.3 is 4.74 Å². The summed E-state index contributed by atoms with van der Waals surface area (Å²) >= 11 is 0. The Balaban J connectivity index is 1.92. The standard InChI is InChI=1S/C20H25NO/c1-3-5-15-22-20-13-9-17(10-14-20)7-11-19-12-8-18(6-4-2)16-21-19/h7-14,16H,3-6,15H2,1-2H3. The molecule has 0 saturated carbocycles. The van der Waals surface area contributed by atoms with E-state index in [1.54, 1.807) is 0 Å². The summed E-state index contributed by atoms with van der Waals surface area (Å²) < 4.78 is 5.66. The van der Waals surface area contributed by atoms with E-state index in [1.807, 2.05) is 24.4 Å². The number of unbranched alkanes of at least 4 members (excludes halogenated alkanes) is 1. The minimum absolute atomic E-state index is 0.791. The van der Waals surface area contributed by atoms with Crippen LogP contribution in [0.4, 0.5) is 0 Å². The van der Waals surface area contributed by atoms with Crippen molar-refractivity contribution in [2.24, 2.45) is 0 Å². The number of ether oxygens (including phenoxy) is 1. The molecule has 1 aromatic carbocycles. The molecule has 0 spiro atoms. The number of rotatable bonds is 8. The van der Waals surface area contributed by atoms with E-state index in [0.717, 1.165) is 49.3 Å². The zero-order chi connectivity index (χ0) is 15.6. The van der Waals surface area contributed by atoms with E-state index in [9.17, 15) is 0 Å². The molecule has 0 aliphatic carbocycles. The first kappa shape index (κ1) is 16.3. The fourth-order valence-electron chi connectivity index (χ4n) is 2.16. The van der Waals surface area contributed by atoms with Gasteiger partial charge in [0.1, 0.15) is 5.75 Å². The van der Waals surface area contributed by atoms with E-state index >= 15 is 0 Å². The maximum atomic E-state index is 5.66. The molecule has 0 unspecified atom stereocenters. The maximum absolute atomic E-state index is 5.66. The lowest BCUT2D eigenvalue weighted by Crippen LogP contribution is -1.95. The van der Waals surface area contributed by atoms with Gasteiger partial charge in [-0.05, 0) is 48.2 Å². The van der Waals surface area contributed by atoms with Crippen molar-refractivity contribution in [1.29, 1.82) is 0 Å². The normalized spacial score (nSPS) is 11.0. The minimum atomic E-state index is 0.791. The van der Waals surface area contributed by atoms with Crippen LogP contribution in [0.2, 0.25) is 0 Å². The lowest BCUT2D eigenvalue weighted by molar-refractivity contribution is 0.309. The lowest BCUT2D eigenvalue weighted by atomic mass is 10.1. The average Bonchev–Trinajstić information content (AvgIpc) is 2.56. The van der Waals surface area contributed by atoms with Crippen molar-refractivity contribution >= 4 is 12.2 Å². The second-order valence-corrected chi connectivity index (χ2v) is 5.45. The Morgan fingerprint density at radius 3 is 2.41 bits per heavy atom. The van der Waals surface area contributed by atoms with Crippen molar-refractivity contribution in [3.8, 4) is 5.75 Å². The summed E-state index contributed by atoms with van der Waals surface area (Å²) in [5, 5.41) is 0. The van der Waals surface area contributed by atoms with Crippen molar-refractivity contribution in [2.45, 2.75) is 39.5 Å². The first-order chi connectivity index (χ1) is 10.8. The molecule has 1 aromatic heterocycles. The zero-order valence-electron chi connectivity index (χ0n) is 13.6. The number of hydrogen-bond acceptors (Lipinski definition) is 2. The summed E-state index contributed by atoms with van der Waals surface area (Å²) in [5.74, 6) is 0.938. The minimum Gasteiger partial charge on any atom is -0.494 e. The molecule has 0 saturated heterocycles. The third-order valence-electron chi connectivity index (χ3n) is 3.48. The summed E-state index contributed by atoms with van der Waals surface area (Å²) in [6.07, 6.45) is 10.6. The molecular formula is C20H25NO. The third kappa shape index (κ3) is 5.36. The van der Waals surface area contributed by atoms with Gasteiger partial charge in [-0.25, -0.2) is 0 Å². The molecule has 2 rings (SSSR count). The molecule has 0 fully saturated rings. The molecule has 2 aromatic rings. The summed E-state index contributed by atoms with van der Waals surface area (Å²) in [6, 6.07) is 12.4. The lowest BCUT2D eigenvalue weighted by Gasteiger charge is -2.05. The van der Waals surface area contributed by atoms with E-state index in [4.69, 9.17) is 4.74 Å². The number of hydrogen-bond donors (Lipinski definition) is 0. The van der Waals surface area contributed by atoms with Crippen LogP contribution >= 0.6 is 0 Å². The van der Waals surface area contributed by atoms with Gasteiger partial charge in [0.2, 0.25) is 0 Å². The van der Waals surface area contributed by atoms with Crippen molar-refractivity contribution in [3.05, 3.63) is 59.4 Å². The fraction of sp³-hybridized carbons (Fsp3) is 0.350. The monoisotopic (exact) mass is 295 g/mol. The number of nitrogens with zero attached hydrogens (tertiary/aromatic N) is 1. The summed E-state index contributed by atoms with van der Waals surface area (Å²) in [7, 11) is 0. The molecular weight excluding hydrogens is 270 g/mol. The van der Waals surface area contributed by atoms with E-state index in [1.165, 1.54) is 5.56 Å². The van der Waals surface area contributed by atoms with E-state index in [-0.39, 0.29) is 0 Å². The fourth-order valence-corrected chi connectivity index (χ4v) is 2.16. The number of pyridine rings is 1. The van der Waals surface area contributed by atoms with Gasteiger partial charge in [0.15, 0.2) is 0 Å². The van der Waals surface area contributed by atoms with E-state index in [0.29, 0.717) is 0 Å². The van der Waals surface area contributed by atoms with Crippen LogP contribution in [0.25, 0.3) is 12.2 Å². The first-order valence-corrected chi connectivity index (χ1v) is 8.17. The molecule has 0 N–H and O–H groups in total. The zero-order valence-corrected chi connectivity index (χ0v) is 13.6. The van der Waals surface area contributed by atoms with Gasteiger partial charge in [-0.15, -0.1) is 0 Å². The van der Waals surface area contributed by atoms with Crippen LogP contribution in [0.1, 0.15) is 49.9 Å². The highest BCUT2D eigenvalue weighted by Crippen LogP contribution is 2.15. The molecule has 0 aliphatic rings. The molecule has 0 radical (unpaired) electrons. The smallest absolute Gasteiger partial charge is 0.119 e. The van der Waals surface area contributed by atoms with Crippen LogP contribution in [0.5, 0.6) is 5.75 Å². The van der Waals surface area contributed by atoms with Crippen LogP contribution in [-0.4, -0.2) is 11.6 Å². The second-order valence-electron chi connectivity index (χ2n) is 5.45. The van der Waals surface area contributed by atoms with Crippen molar-refractivity contribution in [1.82, 2.24) is 4.98 Å². The largest absolute Gasteiger partial charge is 0.494 e. The molecule has 116 valence electrons. The highest BCUT2D eigenvalue weighted by Gasteiger charge is 1.95. The van der Waals surface area contributed by atoms with E-state index in [2.05, 4.69) is 49.2 Å². The van der Waals surface area contributed by atoms with Gasteiger partial charge >= 0.3 is 0 Å². The summed E-state index contributed by atoms with van der Waals surface area (Å²) in [4.78, 5) is 4.47. The Bertz CT molecular complexity index is 570. The molecule has 2 nitrogen and oxygen atoms in total. The topological polar surface area (TPSA) is 22.1 Å². The van der Waals surface area contributed by atoms with Crippen LogP contribution in [0.3, 0.4) is 0 Å². The van der Waals surface area contributed by atoms with Crippen LogP contribution in [0.15, 0.2) is 42.6 Å². The highest BCUT2D eigenvalue weighted by atomic mass is 16.5. The average molecular weight is 295 g/mol. The third-order valence-corrected chi connectivity index (χ3v) is 3.48. The van der Waals surface area contributed by atoms with Crippen LogP contribution < -0.4 is 4.74 Å². The van der Waals surface area contributed by atoms with Gasteiger partial charge in [0.05, 0.1) is 12.3 Å². The Kier molecular flexibility index (Phi) is 6.69.